The van der Waals surface area contributed by atoms with Crippen molar-refractivity contribution in [3.63, 3.8) is 0 Å². The van der Waals surface area contributed by atoms with Crippen LogP contribution in [0.1, 0.15) is 37.7 Å². The second-order valence-corrected chi connectivity index (χ2v) is 8.42. The molecule has 1 saturated heterocycles. The number of benzene rings is 1. The van der Waals surface area contributed by atoms with Crippen LogP contribution >= 0.6 is 0 Å². The molecule has 2 aliphatic heterocycles. The molecule has 3 aromatic rings. The first-order valence-electron chi connectivity index (χ1n) is 10.1. The van der Waals surface area contributed by atoms with Crippen molar-refractivity contribution < 1.29 is 4.74 Å². The molecule has 0 radical (unpaired) electrons. The van der Waals surface area contributed by atoms with Crippen molar-refractivity contribution in [2.45, 2.75) is 50.2 Å². The third kappa shape index (κ3) is 2.56. The van der Waals surface area contributed by atoms with Gasteiger partial charge in [-0.3, -0.25) is 4.40 Å². The standard InChI is InChI=1S/C22H24N4O/c1-2-19(3-1)25-10-8-22(9-11-25)13-18-12-16(4-6-20(18)27-22)17-5-7-21-24-23-15-26(21)14-17/h4-7,12,14-15,19H,1-3,8-11,13H2. The first-order valence-corrected chi connectivity index (χ1v) is 10.1. The Morgan fingerprint density at radius 3 is 2.70 bits per heavy atom. The number of nitrogens with zero attached hydrogens (tertiary/aromatic N) is 4. The predicted octanol–water partition coefficient (Wildman–Crippen LogP) is 3.72. The van der Waals surface area contributed by atoms with E-state index in [9.17, 15) is 0 Å². The summed E-state index contributed by atoms with van der Waals surface area (Å²) >= 11 is 0. The lowest BCUT2D eigenvalue weighted by molar-refractivity contribution is -0.00746. The van der Waals surface area contributed by atoms with E-state index in [1.54, 1.807) is 6.33 Å². The molecule has 4 heterocycles. The van der Waals surface area contributed by atoms with Crippen LogP contribution in [-0.4, -0.2) is 44.2 Å². The molecule has 1 aliphatic carbocycles. The Morgan fingerprint density at radius 1 is 1.04 bits per heavy atom. The molecule has 5 nitrogen and oxygen atoms in total. The van der Waals surface area contributed by atoms with E-state index in [2.05, 4.69) is 45.6 Å². The number of fused-ring (bicyclic) bond motifs is 2. The fourth-order valence-electron chi connectivity index (χ4n) is 4.94. The highest BCUT2D eigenvalue weighted by molar-refractivity contribution is 5.67. The molecule has 1 saturated carbocycles. The van der Waals surface area contributed by atoms with Gasteiger partial charge in [-0.25, -0.2) is 0 Å². The molecular formula is C22H24N4O. The fourth-order valence-corrected chi connectivity index (χ4v) is 4.94. The average molecular weight is 360 g/mol. The quantitative estimate of drug-likeness (QED) is 0.699. The van der Waals surface area contributed by atoms with Crippen molar-refractivity contribution in [3.05, 3.63) is 48.4 Å². The number of ether oxygens (including phenoxy) is 1. The van der Waals surface area contributed by atoms with E-state index in [0.717, 1.165) is 36.7 Å². The number of hydrogen-bond acceptors (Lipinski definition) is 4. The second-order valence-electron chi connectivity index (χ2n) is 8.42. The third-order valence-corrected chi connectivity index (χ3v) is 6.82. The van der Waals surface area contributed by atoms with Crippen LogP contribution in [0.15, 0.2) is 42.9 Å². The molecule has 0 N–H and O–H groups in total. The Morgan fingerprint density at radius 2 is 1.89 bits per heavy atom. The summed E-state index contributed by atoms with van der Waals surface area (Å²) in [7, 11) is 0. The van der Waals surface area contributed by atoms with Gasteiger partial charge in [0.05, 0.1) is 0 Å². The zero-order valence-electron chi connectivity index (χ0n) is 15.5. The van der Waals surface area contributed by atoms with E-state index >= 15 is 0 Å². The van der Waals surface area contributed by atoms with Crippen molar-refractivity contribution >= 4 is 5.65 Å². The van der Waals surface area contributed by atoms with Gasteiger partial charge in [-0.05, 0) is 53.8 Å². The number of hydrogen-bond donors (Lipinski definition) is 0. The Kier molecular flexibility index (Phi) is 3.36. The smallest absolute Gasteiger partial charge is 0.160 e. The maximum Gasteiger partial charge on any atom is 0.160 e. The largest absolute Gasteiger partial charge is 0.487 e. The van der Waals surface area contributed by atoms with Crippen LogP contribution in [0.25, 0.3) is 16.8 Å². The van der Waals surface area contributed by atoms with Crippen LogP contribution in [-0.2, 0) is 6.42 Å². The minimum atomic E-state index is 0.0272. The Hall–Kier alpha value is -2.40. The molecule has 6 rings (SSSR count). The first-order chi connectivity index (χ1) is 13.3. The zero-order valence-corrected chi connectivity index (χ0v) is 15.5. The number of pyridine rings is 1. The molecule has 1 aromatic carbocycles. The highest BCUT2D eigenvalue weighted by atomic mass is 16.5. The highest BCUT2D eigenvalue weighted by Gasteiger charge is 2.43. The number of likely N-dealkylation sites (tertiary alicyclic amines) is 1. The van der Waals surface area contributed by atoms with Gasteiger partial charge in [-0.15, -0.1) is 10.2 Å². The summed E-state index contributed by atoms with van der Waals surface area (Å²) in [6, 6.07) is 11.6. The van der Waals surface area contributed by atoms with E-state index in [1.807, 2.05) is 10.5 Å². The topological polar surface area (TPSA) is 42.7 Å². The van der Waals surface area contributed by atoms with Crippen molar-refractivity contribution in [3.8, 4) is 16.9 Å². The lowest BCUT2D eigenvalue weighted by atomic mass is 9.83. The van der Waals surface area contributed by atoms with Crippen LogP contribution < -0.4 is 4.74 Å². The van der Waals surface area contributed by atoms with Crippen LogP contribution in [0.2, 0.25) is 0 Å². The van der Waals surface area contributed by atoms with E-state index in [4.69, 9.17) is 4.74 Å². The lowest BCUT2D eigenvalue weighted by Crippen LogP contribution is -2.52. The van der Waals surface area contributed by atoms with Gasteiger partial charge in [0.25, 0.3) is 0 Å². The summed E-state index contributed by atoms with van der Waals surface area (Å²) in [5.41, 5.74) is 4.68. The second kappa shape index (κ2) is 5.80. The van der Waals surface area contributed by atoms with Gasteiger partial charge in [0.15, 0.2) is 5.65 Å². The minimum absolute atomic E-state index is 0.0272. The Bertz CT molecular complexity index is 998. The molecular weight excluding hydrogens is 336 g/mol. The number of aromatic nitrogens is 3. The molecule has 27 heavy (non-hydrogen) atoms. The van der Waals surface area contributed by atoms with Crippen LogP contribution in [0, 0.1) is 0 Å². The fraction of sp³-hybridized carbons (Fsp3) is 0.455. The predicted molar refractivity (Wildman–Crippen MR) is 104 cm³/mol. The summed E-state index contributed by atoms with van der Waals surface area (Å²) in [5.74, 6) is 1.08. The minimum Gasteiger partial charge on any atom is -0.487 e. The van der Waals surface area contributed by atoms with Gasteiger partial charge >= 0.3 is 0 Å². The molecule has 2 fully saturated rings. The Labute approximate surface area is 159 Å². The molecule has 138 valence electrons. The van der Waals surface area contributed by atoms with Crippen molar-refractivity contribution in [2.75, 3.05) is 13.1 Å². The lowest BCUT2D eigenvalue weighted by Gasteiger charge is -2.45. The SMILES string of the molecule is c1cc2c(cc1-c1ccc3nncn3c1)CC1(CCN(C3CCC3)CC1)O2. The van der Waals surface area contributed by atoms with E-state index in [-0.39, 0.29) is 5.60 Å². The molecule has 0 unspecified atom stereocenters. The Balaban J connectivity index is 1.24. The van der Waals surface area contributed by atoms with Gasteiger partial charge in [0.1, 0.15) is 17.7 Å². The van der Waals surface area contributed by atoms with E-state index in [1.165, 1.54) is 49.0 Å². The van der Waals surface area contributed by atoms with Crippen molar-refractivity contribution in [1.82, 2.24) is 19.5 Å². The summed E-state index contributed by atoms with van der Waals surface area (Å²) in [4.78, 5) is 2.70. The maximum absolute atomic E-state index is 6.51. The van der Waals surface area contributed by atoms with Gasteiger partial charge in [-0.2, -0.15) is 0 Å². The van der Waals surface area contributed by atoms with Gasteiger partial charge < -0.3 is 9.64 Å². The summed E-state index contributed by atoms with van der Waals surface area (Å²) in [5, 5.41) is 8.05. The molecule has 5 heteroatoms. The highest BCUT2D eigenvalue weighted by Crippen LogP contribution is 2.43. The maximum atomic E-state index is 6.51. The van der Waals surface area contributed by atoms with E-state index in [0.29, 0.717) is 0 Å². The molecule has 0 amide bonds. The molecule has 1 spiro atoms. The molecule has 0 atom stereocenters. The summed E-state index contributed by atoms with van der Waals surface area (Å²) in [6.07, 6.45) is 11.4. The molecule has 2 aromatic heterocycles. The van der Waals surface area contributed by atoms with E-state index < -0.39 is 0 Å². The normalized spacial score (nSPS) is 21.9. The summed E-state index contributed by atoms with van der Waals surface area (Å²) in [6.45, 7) is 2.38. The number of piperidine rings is 1. The number of rotatable bonds is 2. The third-order valence-electron chi connectivity index (χ3n) is 6.82. The average Bonchev–Trinajstić information content (AvgIpc) is 3.25. The van der Waals surface area contributed by atoms with Gasteiger partial charge in [-0.1, -0.05) is 12.5 Å². The molecule has 3 aliphatic rings. The first kappa shape index (κ1) is 15.6. The van der Waals surface area contributed by atoms with Gasteiger partial charge in [0, 0.05) is 44.6 Å². The summed E-state index contributed by atoms with van der Waals surface area (Å²) < 4.78 is 8.48. The monoisotopic (exact) mass is 360 g/mol. The van der Waals surface area contributed by atoms with Crippen molar-refractivity contribution in [1.29, 1.82) is 0 Å². The van der Waals surface area contributed by atoms with Crippen LogP contribution in [0.3, 0.4) is 0 Å². The van der Waals surface area contributed by atoms with Gasteiger partial charge in [0.2, 0.25) is 0 Å². The van der Waals surface area contributed by atoms with Crippen LogP contribution in [0.4, 0.5) is 0 Å². The van der Waals surface area contributed by atoms with Crippen molar-refractivity contribution in [2.24, 2.45) is 0 Å². The zero-order chi connectivity index (χ0) is 17.8. The molecule has 0 bridgehead atoms. The van der Waals surface area contributed by atoms with Crippen LogP contribution in [0.5, 0.6) is 5.75 Å².